The van der Waals surface area contributed by atoms with Crippen molar-refractivity contribution in [1.82, 2.24) is 5.32 Å². The number of phosphoric ester groups is 1. The molecule has 420 valence electrons. The van der Waals surface area contributed by atoms with Gasteiger partial charge in [0.25, 0.3) is 0 Å². The fourth-order valence-electron chi connectivity index (χ4n) is 9.93. The number of hydrogen-bond acceptors (Lipinski definition) is 5. The van der Waals surface area contributed by atoms with Crippen LogP contribution in [0.4, 0.5) is 0 Å². The third-order valence-electron chi connectivity index (χ3n) is 14.9. The Morgan fingerprint density at radius 2 is 0.686 bits per heavy atom. The lowest BCUT2D eigenvalue weighted by molar-refractivity contribution is -0.870. The van der Waals surface area contributed by atoms with Crippen LogP contribution in [-0.2, 0) is 18.4 Å². The Bertz CT molecular complexity index is 1100. The molecule has 0 saturated carbocycles. The number of nitrogens with zero attached hydrogens (tertiary/aromatic N) is 1. The molecule has 0 aliphatic rings. The van der Waals surface area contributed by atoms with Gasteiger partial charge >= 0.3 is 7.82 Å². The van der Waals surface area contributed by atoms with Crippen molar-refractivity contribution in [3.05, 3.63) is 0 Å². The molecular formula is C61H126N2O6P+. The average Bonchev–Trinajstić information content (AvgIpc) is 3.32. The van der Waals surface area contributed by atoms with E-state index in [4.69, 9.17) is 9.05 Å². The van der Waals surface area contributed by atoms with Gasteiger partial charge in [-0.1, -0.05) is 316 Å². The Morgan fingerprint density at radius 3 is 0.957 bits per heavy atom. The van der Waals surface area contributed by atoms with Gasteiger partial charge in [0.15, 0.2) is 0 Å². The maximum absolute atomic E-state index is 13.0. The molecule has 3 N–H and O–H groups in total. The van der Waals surface area contributed by atoms with E-state index in [0.29, 0.717) is 23.9 Å². The van der Waals surface area contributed by atoms with Crippen molar-refractivity contribution in [3.8, 4) is 0 Å². The van der Waals surface area contributed by atoms with E-state index in [1.54, 1.807) is 0 Å². The second-order valence-electron chi connectivity index (χ2n) is 23.2. The predicted octanol–water partition coefficient (Wildman–Crippen LogP) is 19.2. The van der Waals surface area contributed by atoms with E-state index in [2.05, 4.69) is 19.2 Å². The van der Waals surface area contributed by atoms with Crippen LogP contribution in [0.2, 0.25) is 0 Å². The van der Waals surface area contributed by atoms with Crippen LogP contribution >= 0.6 is 7.82 Å². The van der Waals surface area contributed by atoms with Crippen molar-refractivity contribution in [2.24, 2.45) is 0 Å². The first-order chi connectivity index (χ1) is 34.0. The zero-order valence-corrected chi connectivity index (χ0v) is 48.9. The van der Waals surface area contributed by atoms with E-state index < -0.39 is 20.0 Å². The van der Waals surface area contributed by atoms with Crippen LogP contribution in [0.5, 0.6) is 0 Å². The highest BCUT2D eigenvalue weighted by atomic mass is 31.2. The van der Waals surface area contributed by atoms with E-state index in [1.807, 2.05) is 21.1 Å². The zero-order chi connectivity index (χ0) is 51.3. The second-order valence-corrected chi connectivity index (χ2v) is 24.6. The quantitative estimate of drug-likeness (QED) is 0.0318. The third kappa shape index (κ3) is 55.3. The number of hydrogen-bond donors (Lipinski definition) is 3. The van der Waals surface area contributed by atoms with Crippen LogP contribution in [0, 0.1) is 0 Å². The minimum absolute atomic E-state index is 0.0792. The normalized spacial score (nSPS) is 13.8. The van der Waals surface area contributed by atoms with Crippen molar-refractivity contribution in [2.75, 3.05) is 40.9 Å². The minimum Gasteiger partial charge on any atom is -0.391 e. The molecule has 3 atom stereocenters. The molecule has 70 heavy (non-hydrogen) atoms. The smallest absolute Gasteiger partial charge is 0.391 e. The summed E-state index contributed by atoms with van der Waals surface area (Å²) in [6.45, 7) is 4.95. The van der Waals surface area contributed by atoms with Crippen LogP contribution < -0.4 is 5.32 Å². The minimum atomic E-state index is -4.32. The Kier molecular flexibility index (Phi) is 52.9. The Morgan fingerprint density at radius 1 is 0.429 bits per heavy atom. The Balaban J connectivity index is 4.02. The number of amides is 1. The standard InChI is InChI=1S/C61H125N2O6P/c1-6-8-10-12-14-16-18-20-22-24-26-27-28-29-30-31-32-33-34-35-37-39-41-43-45-47-49-51-53-55-61(65)62-59(58-69-70(66,67)68-57-56-63(3,4)5)60(64)54-52-50-48-46-44-42-40-38-36-25-23-21-19-17-15-13-11-9-7-2/h59-60,64H,6-58H2,1-5H3,(H-,62,65,66,67)/p+1. The number of quaternary nitrogens is 1. The van der Waals surface area contributed by atoms with E-state index in [9.17, 15) is 19.4 Å². The van der Waals surface area contributed by atoms with Crippen LogP contribution in [-0.4, -0.2) is 73.4 Å². The van der Waals surface area contributed by atoms with Crippen molar-refractivity contribution >= 4 is 13.7 Å². The summed E-state index contributed by atoms with van der Waals surface area (Å²) in [5.41, 5.74) is 0. The monoisotopic (exact) mass is 1010 g/mol. The first-order valence-corrected chi connectivity index (χ1v) is 32.9. The molecule has 0 fully saturated rings. The lowest BCUT2D eigenvalue weighted by Gasteiger charge is -2.26. The highest BCUT2D eigenvalue weighted by molar-refractivity contribution is 7.47. The molecule has 0 rings (SSSR count). The molecule has 8 nitrogen and oxygen atoms in total. The number of phosphoric acid groups is 1. The second kappa shape index (κ2) is 53.3. The van der Waals surface area contributed by atoms with Crippen LogP contribution in [0.1, 0.15) is 335 Å². The molecule has 1 amide bonds. The van der Waals surface area contributed by atoms with E-state index in [-0.39, 0.29) is 19.1 Å². The van der Waals surface area contributed by atoms with E-state index >= 15 is 0 Å². The molecular weight excluding hydrogens is 888 g/mol. The number of aliphatic hydroxyl groups is 1. The molecule has 9 heteroatoms. The van der Waals surface area contributed by atoms with Crippen LogP contribution in [0.3, 0.4) is 0 Å². The summed E-state index contributed by atoms with van der Waals surface area (Å²) in [7, 11) is 1.64. The average molecular weight is 1010 g/mol. The molecule has 0 aliphatic heterocycles. The SMILES string of the molecule is CCCCCCCCCCCCCCCCCCCCCCCCCCCCCCCC(=O)NC(COP(=O)(O)OCC[N+](C)(C)C)C(O)CCCCCCCCCCCCCCCCCCCCC. The maximum Gasteiger partial charge on any atom is 0.472 e. The molecule has 0 saturated heterocycles. The molecule has 0 aromatic carbocycles. The topological polar surface area (TPSA) is 105 Å². The van der Waals surface area contributed by atoms with Gasteiger partial charge < -0.3 is 19.8 Å². The molecule has 0 aliphatic carbocycles. The number of unbranched alkanes of at least 4 members (excludes halogenated alkanes) is 46. The summed E-state index contributed by atoms with van der Waals surface area (Å²) >= 11 is 0. The van der Waals surface area contributed by atoms with Gasteiger partial charge in [-0.15, -0.1) is 0 Å². The summed E-state index contributed by atoms with van der Waals surface area (Å²) in [5.74, 6) is -0.135. The van der Waals surface area contributed by atoms with Crippen LogP contribution in [0.15, 0.2) is 0 Å². The number of likely N-dealkylation sites (N-methyl/N-ethyl adjacent to an activating group) is 1. The van der Waals surface area contributed by atoms with E-state index in [0.717, 1.165) is 38.5 Å². The largest absolute Gasteiger partial charge is 0.472 e. The summed E-state index contributed by atoms with van der Waals surface area (Å²) in [6.07, 6.45) is 64.6. The van der Waals surface area contributed by atoms with Gasteiger partial charge in [0.2, 0.25) is 5.91 Å². The summed E-state index contributed by atoms with van der Waals surface area (Å²) < 4.78 is 23.8. The lowest BCUT2D eigenvalue weighted by Crippen LogP contribution is -2.46. The lowest BCUT2D eigenvalue weighted by atomic mass is 10.0. The van der Waals surface area contributed by atoms with Crippen molar-refractivity contribution in [3.63, 3.8) is 0 Å². The molecule has 0 radical (unpaired) electrons. The number of aliphatic hydroxyl groups excluding tert-OH is 1. The summed E-state index contributed by atoms with van der Waals surface area (Å²) in [5, 5.41) is 14.1. The number of carbonyl (C=O) groups is 1. The molecule has 0 bridgehead atoms. The Labute approximate surface area is 438 Å². The van der Waals surface area contributed by atoms with Gasteiger partial charge in [-0.2, -0.15) is 0 Å². The maximum atomic E-state index is 13.0. The molecule has 0 heterocycles. The van der Waals surface area contributed by atoms with Crippen molar-refractivity contribution in [2.45, 2.75) is 347 Å². The first kappa shape index (κ1) is 69.5. The molecule has 0 aromatic rings. The van der Waals surface area contributed by atoms with Gasteiger partial charge in [0.05, 0.1) is 39.9 Å². The van der Waals surface area contributed by atoms with Crippen LogP contribution in [0.25, 0.3) is 0 Å². The van der Waals surface area contributed by atoms with Crippen molar-refractivity contribution in [1.29, 1.82) is 0 Å². The highest BCUT2D eigenvalue weighted by Crippen LogP contribution is 2.43. The fraction of sp³-hybridized carbons (Fsp3) is 0.984. The first-order valence-electron chi connectivity index (χ1n) is 31.4. The van der Waals surface area contributed by atoms with Gasteiger partial charge in [-0.05, 0) is 12.8 Å². The van der Waals surface area contributed by atoms with Gasteiger partial charge in [0, 0.05) is 6.42 Å². The molecule has 0 aromatic heterocycles. The predicted molar refractivity (Wildman–Crippen MR) is 305 cm³/mol. The molecule has 3 unspecified atom stereocenters. The van der Waals surface area contributed by atoms with Crippen molar-refractivity contribution < 1.29 is 32.9 Å². The third-order valence-corrected chi connectivity index (χ3v) is 15.8. The zero-order valence-electron chi connectivity index (χ0n) is 48.1. The van der Waals surface area contributed by atoms with E-state index in [1.165, 1.54) is 270 Å². The van der Waals surface area contributed by atoms with Gasteiger partial charge in [-0.25, -0.2) is 4.57 Å². The number of nitrogens with one attached hydrogen (secondary N) is 1. The molecule has 0 spiro atoms. The Hall–Kier alpha value is -0.500. The number of carbonyl (C=O) groups excluding carboxylic acids is 1. The summed E-state index contributed by atoms with van der Waals surface area (Å²) in [4.78, 5) is 23.4. The van der Waals surface area contributed by atoms with Gasteiger partial charge in [-0.3, -0.25) is 13.8 Å². The highest BCUT2D eigenvalue weighted by Gasteiger charge is 2.28. The number of rotatable bonds is 59. The van der Waals surface area contributed by atoms with Gasteiger partial charge in [0.1, 0.15) is 13.2 Å². The summed E-state index contributed by atoms with van der Waals surface area (Å²) in [6, 6.07) is -0.755. The fourth-order valence-corrected chi connectivity index (χ4v) is 10.7.